The summed E-state index contributed by atoms with van der Waals surface area (Å²) in [5, 5.41) is 8.95. The summed E-state index contributed by atoms with van der Waals surface area (Å²) >= 11 is 0. The molecule has 0 saturated carbocycles. The highest BCUT2D eigenvalue weighted by Gasteiger charge is 2.34. The van der Waals surface area contributed by atoms with E-state index in [2.05, 4.69) is 43.5 Å². The lowest BCUT2D eigenvalue weighted by Gasteiger charge is -2.46. The fourth-order valence-electron chi connectivity index (χ4n) is 5.67. The van der Waals surface area contributed by atoms with E-state index in [0.717, 1.165) is 81.6 Å². The molecule has 3 aliphatic heterocycles. The molecule has 0 amide bonds. The van der Waals surface area contributed by atoms with Crippen LogP contribution >= 0.6 is 0 Å². The fraction of sp³-hybridized carbons (Fsp3) is 0.556. The van der Waals surface area contributed by atoms with Crippen LogP contribution in [-0.4, -0.2) is 73.1 Å². The van der Waals surface area contributed by atoms with Gasteiger partial charge in [-0.15, -0.1) is 0 Å². The molecule has 0 bridgehead atoms. The van der Waals surface area contributed by atoms with Crippen molar-refractivity contribution in [3.05, 3.63) is 48.2 Å². The molecular weight excluding hydrogens is 442 g/mol. The van der Waals surface area contributed by atoms with Crippen LogP contribution in [0.4, 0.5) is 5.82 Å². The lowest BCUT2D eigenvalue weighted by Crippen LogP contribution is -2.57. The third-order valence-corrected chi connectivity index (χ3v) is 7.65. The van der Waals surface area contributed by atoms with Crippen molar-refractivity contribution >= 4 is 16.8 Å². The smallest absolute Gasteiger partial charge is 0.213 e. The van der Waals surface area contributed by atoms with E-state index in [9.17, 15) is 0 Å². The number of piperidine rings is 1. The topological polar surface area (TPSA) is 75.9 Å². The second-order valence-electron chi connectivity index (χ2n) is 10.1. The van der Waals surface area contributed by atoms with Crippen molar-refractivity contribution in [1.82, 2.24) is 20.4 Å². The first-order valence-corrected chi connectivity index (χ1v) is 13.1. The number of nitrogens with one attached hydrogen (secondary N) is 1. The molecule has 8 heteroatoms. The maximum atomic E-state index is 6.08. The number of para-hydroxylation sites is 1. The first-order chi connectivity index (χ1) is 17.3. The first kappa shape index (κ1) is 22.8. The molecule has 5 heterocycles. The second kappa shape index (κ2) is 10.5. The maximum absolute atomic E-state index is 6.08. The van der Waals surface area contributed by atoms with Crippen LogP contribution in [-0.2, 0) is 11.3 Å². The van der Waals surface area contributed by atoms with Crippen LogP contribution in [0.1, 0.15) is 31.2 Å². The van der Waals surface area contributed by atoms with Crippen molar-refractivity contribution in [2.24, 2.45) is 5.92 Å². The van der Waals surface area contributed by atoms with Gasteiger partial charge in [-0.25, -0.2) is 4.98 Å². The van der Waals surface area contributed by atoms with Crippen LogP contribution < -0.4 is 15.0 Å². The zero-order valence-corrected chi connectivity index (χ0v) is 20.3. The Bertz CT molecular complexity index is 1100. The van der Waals surface area contributed by atoms with Crippen LogP contribution in [0.5, 0.6) is 5.88 Å². The predicted molar refractivity (Wildman–Crippen MR) is 135 cm³/mol. The number of ether oxygens (including phenoxy) is 2. The summed E-state index contributed by atoms with van der Waals surface area (Å²) in [6.45, 7) is 7.47. The summed E-state index contributed by atoms with van der Waals surface area (Å²) in [5.41, 5.74) is 2.04. The SMILES string of the molecule is c1ccc2c(N3CCN4C[C@H](COc5ccc(CNCC6CCCO6)cn5)CC[C@H]4C3)noc2c1. The number of hydrogen-bond donors (Lipinski definition) is 1. The molecule has 1 aromatic carbocycles. The average Bonchev–Trinajstić information content (AvgIpc) is 3.58. The highest BCUT2D eigenvalue weighted by Crippen LogP contribution is 2.31. The molecule has 3 atom stereocenters. The molecule has 0 aliphatic carbocycles. The van der Waals surface area contributed by atoms with Gasteiger partial charge < -0.3 is 24.2 Å². The van der Waals surface area contributed by atoms with E-state index in [1.807, 2.05) is 24.4 Å². The summed E-state index contributed by atoms with van der Waals surface area (Å²) in [4.78, 5) is 9.55. The lowest BCUT2D eigenvalue weighted by atomic mass is 9.91. The van der Waals surface area contributed by atoms with E-state index in [1.165, 1.54) is 24.8 Å². The predicted octanol–water partition coefficient (Wildman–Crippen LogP) is 3.47. The molecule has 0 radical (unpaired) electrons. The lowest BCUT2D eigenvalue weighted by molar-refractivity contribution is 0.0716. The quantitative estimate of drug-likeness (QED) is 0.529. The van der Waals surface area contributed by atoms with Gasteiger partial charge in [0, 0.05) is 70.1 Å². The van der Waals surface area contributed by atoms with E-state index in [-0.39, 0.29) is 0 Å². The molecule has 35 heavy (non-hydrogen) atoms. The Labute approximate surface area is 206 Å². The van der Waals surface area contributed by atoms with Gasteiger partial charge in [-0.05, 0) is 43.4 Å². The molecule has 3 fully saturated rings. The van der Waals surface area contributed by atoms with Gasteiger partial charge in [-0.3, -0.25) is 4.90 Å². The normalized spacial score (nSPS) is 25.1. The summed E-state index contributed by atoms with van der Waals surface area (Å²) in [7, 11) is 0. The van der Waals surface area contributed by atoms with Gasteiger partial charge in [0.25, 0.3) is 0 Å². The zero-order valence-electron chi connectivity index (χ0n) is 20.3. The van der Waals surface area contributed by atoms with Crippen molar-refractivity contribution in [2.45, 2.75) is 44.4 Å². The summed E-state index contributed by atoms with van der Waals surface area (Å²) in [6.07, 6.45) is 6.99. The molecule has 0 spiro atoms. The molecule has 8 nitrogen and oxygen atoms in total. The Hall–Kier alpha value is -2.68. The number of piperazine rings is 1. The Morgan fingerprint density at radius 2 is 2.03 bits per heavy atom. The largest absolute Gasteiger partial charge is 0.477 e. The monoisotopic (exact) mass is 477 g/mol. The van der Waals surface area contributed by atoms with Crippen LogP contribution in [0.15, 0.2) is 47.1 Å². The van der Waals surface area contributed by atoms with Crippen LogP contribution in [0.25, 0.3) is 11.0 Å². The fourth-order valence-corrected chi connectivity index (χ4v) is 5.67. The molecule has 3 aromatic rings. The number of pyridine rings is 1. The molecule has 6 rings (SSSR count). The van der Waals surface area contributed by atoms with Crippen LogP contribution in [0.3, 0.4) is 0 Å². The van der Waals surface area contributed by atoms with E-state index in [4.69, 9.17) is 14.0 Å². The minimum Gasteiger partial charge on any atom is -0.477 e. The molecule has 2 aromatic heterocycles. The van der Waals surface area contributed by atoms with Crippen molar-refractivity contribution < 1.29 is 14.0 Å². The molecule has 1 N–H and O–H groups in total. The molecule has 1 unspecified atom stereocenters. The van der Waals surface area contributed by atoms with Gasteiger partial charge in [0.05, 0.1) is 18.1 Å². The number of hydrogen-bond acceptors (Lipinski definition) is 8. The van der Waals surface area contributed by atoms with Crippen LogP contribution in [0.2, 0.25) is 0 Å². The third kappa shape index (κ3) is 5.29. The third-order valence-electron chi connectivity index (χ3n) is 7.65. The number of nitrogens with zero attached hydrogens (tertiary/aromatic N) is 4. The summed E-state index contributed by atoms with van der Waals surface area (Å²) < 4.78 is 17.3. The van der Waals surface area contributed by atoms with Crippen molar-refractivity contribution in [3.63, 3.8) is 0 Å². The van der Waals surface area contributed by atoms with E-state index in [1.54, 1.807) is 0 Å². The van der Waals surface area contributed by atoms with Gasteiger partial charge in [-0.1, -0.05) is 23.4 Å². The average molecular weight is 478 g/mol. The van der Waals surface area contributed by atoms with Crippen molar-refractivity contribution in [2.75, 3.05) is 50.8 Å². The Kier molecular flexibility index (Phi) is 6.84. The number of aromatic nitrogens is 2. The van der Waals surface area contributed by atoms with E-state index < -0.39 is 0 Å². The van der Waals surface area contributed by atoms with Gasteiger partial charge in [0.1, 0.15) is 0 Å². The van der Waals surface area contributed by atoms with E-state index in [0.29, 0.717) is 18.1 Å². The molecule has 3 saturated heterocycles. The minimum atomic E-state index is 0.367. The Morgan fingerprint density at radius 3 is 2.91 bits per heavy atom. The van der Waals surface area contributed by atoms with Gasteiger partial charge in [0.15, 0.2) is 11.4 Å². The Balaban J connectivity index is 0.952. The minimum absolute atomic E-state index is 0.367. The zero-order chi connectivity index (χ0) is 23.5. The second-order valence-corrected chi connectivity index (χ2v) is 10.1. The highest BCUT2D eigenvalue weighted by molar-refractivity contribution is 5.88. The van der Waals surface area contributed by atoms with Gasteiger partial charge in [-0.2, -0.15) is 0 Å². The van der Waals surface area contributed by atoms with Gasteiger partial charge >= 0.3 is 0 Å². The molecular formula is C27H35N5O3. The standard InChI is InChI=1S/C27H35N5O3/c1-2-6-25-24(5-1)27(30-35-25)32-12-11-31-17-21(7-9-22(31)18-32)19-34-26-10-8-20(15-29-26)14-28-16-23-4-3-13-33-23/h1-2,5-6,8,10,15,21-23,28H,3-4,7,9,11-14,16-19H2/t21-,22+,23?/m1/s1. The Morgan fingerprint density at radius 1 is 1.06 bits per heavy atom. The summed E-state index contributed by atoms with van der Waals surface area (Å²) in [6, 6.07) is 12.8. The first-order valence-electron chi connectivity index (χ1n) is 13.1. The summed E-state index contributed by atoms with van der Waals surface area (Å²) in [5.74, 6) is 2.25. The van der Waals surface area contributed by atoms with Crippen LogP contribution in [0, 0.1) is 5.92 Å². The highest BCUT2D eigenvalue weighted by atomic mass is 16.5. The van der Waals surface area contributed by atoms with Crippen molar-refractivity contribution in [3.8, 4) is 5.88 Å². The maximum Gasteiger partial charge on any atom is 0.213 e. The number of fused-ring (bicyclic) bond motifs is 2. The van der Waals surface area contributed by atoms with E-state index >= 15 is 0 Å². The van der Waals surface area contributed by atoms with Gasteiger partial charge in [0.2, 0.25) is 5.88 Å². The number of rotatable bonds is 8. The van der Waals surface area contributed by atoms with Crippen molar-refractivity contribution in [1.29, 1.82) is 0 Å². The number of anilines is 1. The molecule has 3 aliphatic rings. The number of benzene rings is 1. The molecule has 186 valence electrons.